The lowest BCUT2D eigenvalue weighted by Crippen LogP contribution is -2.41. The molecule has 0 amide bonds. The summed E-state index contributed by atoms with van der Waals surface area (Å²) in [5.74, 6) is -0.610. The van der Waals surface area contributed by atoms with Gasteiger partial charge in [0.05, 0.1) is 6.61 Å². The first-order valence-corrected chi connectivity index (χ1v) is 7.47. The van der Waals surface area contributed by atoms with Crippen LogP contribution in [0.15, 0.2) is 46.2 Å². The number of carboxylic acid groups (broad SMARTS) is 1. The molecule has 2 rings (SSSR count). The Labute approximate surface area is 154 Å². The summed E-state index contributed by atoms with van der Waals surface area (Å²) in [7, 11) is 0. The van der Waals surface area contributed by atoms with E-state index in [1.54, 1.807) is 24.3 Å². The van der Waals surface area contributed by atoms with E-state index in [-0.39, 0.29) is 24.8 Å². The van der Waals surface area contributed by atoms with Gasteiger partial charge in [0.15, 0.2) is 0 Å². The molecule has 1 aromatic heterocycles. The quantitative estimate of drug-likeness (QED) is 0.259. The molecule has 0 unspecified atom stereocenters. The van der Waals surface area contributed by atoms with Crippen LogP contribution in [0.5, 0.6) is 5.75 Å². The van der Waals surface area contributed by atoms with Gasteiger partial charge in [-0.2, -0.15) is 0 Å². The van der Waals surface area contributed by atoms with Crippen molar-refractivity contribution in [1.29, 1.82) is 5.41 Å². The third-order valence-electron chi connectivity index (χ3n) is 3.41. The zero-order valence-corrected chi connectivity index (χ0v) is 14.6. The standard InChI is InChI=1S/C16H18N4O5.ClH/c17-14(18)11-2-4-12(5-3-11)25-9-1-6-19-7-8-20(10-13(21)22)16(24)15(19)23;/h2-5,7-8H,1,6,9-10H2,(H3,17,18)(H,21,22);1H. The number of hydrogen-bond donors (Lipinski definition) is 3. The molecule has 1 aromatic carbocycles. The number of amidine groups is 1. The van der Waals surface area contributed by atoms with Gasteiger partial charge in [-0.1, -0.05) is 0 Å². The highest BCUT2D eigenvalue weighted by molar-refractivity contribution is 5.94. The van der Waals surface area contributed by atoms with Crippen molar-refractivity contribution in [3.8, 4) is 5.75 Å². The van der Waals surface area contributed by atoms with Gasteiger partial charge in [-0.3, -0.25) is 24.4 Å². The highest BCUT2D eigenvalue weighted by atomic mass is 35.5. The lowest BCUT2D eigenvalue weighted by Gasteiger charge is -2.09. The fourth-order valence-corrected chi connectivity index (χ4v) is 2.14. The minimum Gasteiger partial charge on any atom is -0.494 e. The lowest BCUT2D eigenvalue weighted by molar-refractivity contribution is -0.137. The van der Waals surface area contributed by atoms with Gasteiger partial charge in [0.2, 0.25) is 0 Å². The first-order chi connectivity index (χ1) is 11.9. The average Bonchev–Trinajstić information content (AvgIpc) is 2.57. The second-order valence-corrected chi connectivity index (χ2v) is 5.26. The summed E-state index contributed by atoms with van der Waals surface area (Å²) in [4.78, 5) is 34.3. The Hall–Kier alpha value is -3.07. The summed E-state index contributed by atoms with van der Waals surface area (Å²) in [6.45, 7) is 0.0475. The van der Waals surface area contributed by atoms with Gasteiger partial charge >= 0.3 is 17.1 Å². The number of aliphatic carboxylic acids is 1. The van der Waals surface area contributed by atoms with Crippen molar-refractivity contribution in [1.82, 2.24) is 9.13 Å². The number of aryl methyl sites for hydroxylation is 1. The van der Waals surface area contributed by atoms with E-state index in [2.05, 4.69) is 0 Å². The van der Waals surface area contributed by atoms with Crippen LogP contribution in [0.4, 0.5) is 0 Å². The minimum atomic E-state index is -1.19. The monoisotopic (exact) mass is 382 g/mol. The van der Waals surface area contributed by atoms with Gasteiger partial charge in [-0.25, -0.2) is 0 Å². The van der Waals surface area contributed by atoms with Crippen molar-refractivity contribution in [2.75, 3.05) is 6.61 Å². The second kappa shape index (κ2) is 9.42. The predicted molar refractivity (Wildman–Crippen MR) is 97.4 cm³/mol. The molecule has 0 spiro atoms. The fourth-order valence-electron chi connectivity index (χ4n) is 2.14. The van der Waals surface area contributed by atoms with E-state index < -0.39 is 23.6 Å². The van der Waals surface area contributed by atoms with E-state index in [1.165, 1.54) is 17.0 Å². The summed E-state index contributed by atoms with van der Waals surface area (Å²) < 4.78 is 7.60. The summed E-state index contributed by atoms with van der Waals surface area (Å²) in [5, 5.41) is 16.0. The number of rotatable bonds is 8. The van der Waals surface area contributed by atoms with Gasteiger partial charge in [0.25, 0.3) is 0 Å². The molecule has 9 nitrogen and oxygen atoms in total. The first-order valence-electron chi connectivity index (χ1n) is 7.47. The summed E-state index contributed by atoms with van der Waals surface area (Å²) in [5.41, 5.74) is 4.32. The summed E-state index contributed by atoms with van der Waals surface area (Å²) in [6, 6.07) is 6.72. The Balaban J connectivity index is 0.00000338. The van der Waals surface area contributed by atoms with Crippen molar-refractivity contribution in [2.24, 2.45) is 5.73 Å². The fraction of sp³-hybridized carbons (Fsp3) is 0.250. The van der Waals surface area contributed by atoms with Gasteiger partial charge in [-0.05, 0) is 30.7 Å². The molecule has 10 heteroatoms. The van der Waals surface area contributed by atoms with Crippen molar-refractivity contribution in [3.05, 3.63) is 62.9 Å². The largest absolute Gasteiger partial charge is 0.494 e. The van der Waals surface area contributed by atoms with Crippen LogP contribution in [0.3, 0.4) is 0 Å². The Kier molecular flexibility index (Phi) is 7.60. The molecule has 0 radical (unpaired) electrons. The van der Waals surface area contributed by atoms with Crippen molar-refractivity contribution >= 4 is 24.2 Å². The number of nitrogens with two attached hydrogens (primary N) is 1. The van der Waals surface area contributed by atoms with E-state index >= 15 is 0 Å². The normalized spacial score (nSPS) is 10.0. The number of nitrogens with zero attached hydrogens (tertiary/aromatic N) is 2. The molecule has 140 valence electrons. The van der Waals surface area contributed by atoms with Crippen LogP contribution >= 0.6 is 12.4 Å². The predicted octanol–water partition coefficient (Wildman–Crippen LogP) is 0.270. The molecule has 0 saturated carbocycles. The zero-order chi connectivity index (χ0) is 18.4. The molecule has 0 aliphatic rings. The van der Waals surface area contributed by atoms with Crippen LogP contribution in [-0.4, -0.2) is 32.7 Å². The van der Waals surface area contributed by atoms with E-state index in [9.17, 15) is 14.4 Å². The SMILES string of the molecule is Cl.N=C(N)c1ccc(OCCCn2ccn(CC(=O)O)c(=O)c2=O)cc1. The molecule has 0 bridgehead atoms. The van der Waals surface area contributed by atoms with Crippen LogP contribution in [-0.2, 0) is 17.9 Å². The van der Waals surface area contributed by atoms with Gasteiger partial charge in [0.1, 0.15) is 18.1 Å². The third-order valence-corrected chi connectivity index (χ3v) is 3.41. The second-order valence-electron chi connectivity index (χ2n) is 5.26. The van der Waals surface area contributed by atoms with Crippen molar-refractivity contribution < 1.29 is 14.6 Å². The molecule has 0 aliphatic heterocycles. The highest BCUT2D eigenvalue weighted by Crippen LogP contribution is 2.12. The minimum absolute atomic E-state index is 0. The number of halogens is 1. The molecular weight excluding hydrogens is 364 g/mol. The van der Waals surface area contributed by atoms with Crippen LogP contribution in [0.1, 0.15) is 12.0 Å². The van der Waals surface area contributed by atoms with Crippen LogP contribution < -0.4 is 21.6 Å². The lowest BCUT2D eigenvalue weighted by atomic mass is 10.2. The molecule has 26 heavy (non-hydrogen) atoms. The maximum Gasteiger partial charge on any atom is 0.323 e. The maximum atomic E-state index is 11.9. The summed E-state index contributed by atoms with van der Waals surface area (Å²) in [6.07, 6.45) is 3.14. The molecule has 0 saturated heterocycles. The van der Waals surface area contributed by atoms with Gasteiger partial charge < -0.3 is 20.1 Å². The molecule has 0 atom stereocenters. The van der Waals surface area contributed by atoms with Crippen molar-refractivity contribution in [2.45, 2.75) is 19.5 Å². The number of nitrogen functional groups attached to an aromatic ring is 1. The van der Waals surface area contributed by atoms with E-state index in [1.807, 2.05) is 0 Å². The molecule has 0 fully saturated rings. The number of ether oxygens (including phenoxy) is 1. The molecule has 0 aliphatic carbocycles. The number of benzene rings is 1. The smallest absolute Gasteiger partial charge is 0.323 e. The maximum absolute atomic E-state index is 11.9. The van der Waals surface area contributed by atoms with Crippen LogP contribution in [0, 0.1) is 5.41 Å². The van der Waals surface area contributed by atoms with Crippen LogP contribution in [0.25, 0.3) is 0 Å². The molecule has 1 heterocycles. The highest BCUT2D eigenvalue weighted by Gasteiger charge is 2.07. The Morgan fingerprint density at radius 1 is 1.12 bits per heavy atom. The van der Waals surface area contributed by atoms with E-state index in [4.69, 9.17) is 21.0 Å². The number of hydrogen-bond acceptors (Lipinski definition) is 5. The Morgan fingerprint density at radius 3 is 2.27 bits per heavy atom. The van der Waals surface area contributed by atoms with E-state index in [0.717, 1.165) is 4.57 Å². The Morgan fingerprint density at radius 2 is 1.69 bits per heavy atom. The Bertz CT molecular complexity index is 889. The number of carbonyl (C=O) groups is 1. The first kappa shape index (κ1) is 21.0. The summed E-state index contributed by atoms with van der Waals surface area (Å²) >= 11 is 0. The number of aromatic nitrogens is 2. The molecular formula is C16H19ClN4O5. The number of carboxylic acids is 1. The number of nitrogens with one attached hydrogen (secondary N) is 1. The van der Waals surface area contributed by atoms with E-state index in [0.29, 0.717) is 24.3 Å². The topological polar surface area (TPSA) is 140 Å². The van der Waals surface area contributed by atoms with Crippen LogP contribution in [0.2, 0.25) is 0 Å². The zero-order valence-electron chi connectivity index (χ0n) is 13.8. The average molecular weight is 383 g/mol. The third kappa shape index (κ3) is 5.49. The molecule has 4 N–H and O–H groups in total. The van der Waals surface area contributed by atoms with Gasteiger partial charge in [0, 0.05) is 24.5 Å². The van der Waals surface area contributed by atoms with Crippen molar-refractivity contribution in [3.63, 3.8) is 0 Å². The van der Waals surface area contributed by atoms with Gasteiger partial charge in [-0.15, -0.1) is 12.4 Å². The molecule has 2 aromatic rings.